The summed E-state index contributed by atoms with van der Waals surface area (Å²) in [6.45, 7) is 12.0. The van der Waals surface area contributed by atoms with Crippen molar-refractivity contribution in [2.75, 3.05) is 52.4 Å². The maximum absolute atomic E-state index is 9.14. The molecule has 122 valence electrons. The van der Waals surface area contributed by atoms with Crippen LogP contribution in [0, 0.1) is 11.8 Å². The Kier molecular flexibility index (Phi) is 6.77. The fraction of sp³-hybridized carbons (Fsp3) is 0.938. The lowest BCUT2D eigenvalue weighted by molar-refractivity contribution is 0.241. The Bertz CT molecular complexity index is 328. The van der Waals surface area contributed by atoms with Crippen LogP contribution >= 0.6 is 0 Å². The van der Waals surface area contributed by atoms with E-state index in [0.29, 0.717) is 6.54 Å². The average molecular weight is 296 g/mol. The number of aliphatic hydroxyl groups excluding tert-OH is 1. The van der Waals surface area contributed by atoms with Crippen LogP contribution in [0.3, 0.4) is 0 Å². The van der Waals surface area contributed by atoms with Gasteiger partial charge in [-0.2, -0.15) is 0 Å². The fourth-order valence-electron chi connectivity index (χ4n) is 3.23. The highest BCUT2D eigenvalue weighted by Crippen LogP contribution is 2.20. The van der Waals surface area contributed by atoms with Gasteiger partial charge in [-0.25, -0.2) is 0 Å². The summed E-state index contributed by atoms with van der Waals surface area (Å²) in [5, 5.41) is 12.5. The van der Waals surface area contributed by atoms with Crippen molar-refractivity contribution in [3.8, 4) is 0 Å². The van der Waals surface area contributed by atoms with Crippen LogP contribution in [-0.4, -0.2) is 73.3 Å². The van der Waals surface area contributed by atoms with Crippen LogP contribution in [0.4, 0.5) is 0 Å². The van der Waals surface area contributed by atoms with Gasteiger partial charge in [-0.15, -0.1) is 0 Å². The molecule has 0 aliphatic carbocycles. The standard InChI is InChI=1S/C16H32N4O/c1-3-17-16(18-10-14(2)13-21)20-9-6-15(12-20)11-19-7-4-5-8-19/h14-15,21H,3-13H2,1-2H3,(H,17,18). The molecule has 0 aromatic carbocycles. The predicted molar refractivity (Wildman–Crippen MR) is 87.6 cm³/mol. The van der Waals surface area contributed by atoms with Crippen LogP contribution in [0.5, 0.6) is 0 Å². The molecular formula is C16H32N4O. The molecule has 0 aromatic heterocycles. The summed E-state index contributed by atoms with van der Waals surface area (Å²) in [6.07, 6.45) is 4.02. The Morgan fingerprint density at radius 2 is 2.10 bits per heavy atom. The van der Waals surface area contributed by atoms with Gasteiger partial charge >= 0.3 is 0 Å². The van der Waals surface area contributed by atoms with Crippen LogP contribution in [0.1, 0.15) is 33.1 Å². The van der Waals surface area contributed by atoms with Crippen molar-refractivity contribution >= 4 is 5.96 Å². The maximum Gasteiger partial charge on any atom is 0.193 e. The van der Waals surface area contributed by atoms with Gasteiger partial charge in [-0.3, -0.25) is 4.99 Å². The molecule has 0 amide bonds. The first-order chi connectivity index (χ1) is 10.2. The molecule has 0 spiro atoms. The molecular weight excluding hydrogens is 264 g/mol. The second-order valence-electron chi connectivity index (χ2n) is 6.59. The summed E-state index contributed by atoms with van der Waals surface area (Å²) < 4.78 is 0. The second-order valence-corrected chi connectivity index (χ2v) is 6.59. The minimum atomic E-state index is 0.209. The molecule has 0 bridgehead atoms. The fourth-order valence-corrected chi connectivity index (χ4v) is 3.23. The van der Waals surface area contributed by atoms with E-state index in [-0.39, 0.29) is 12.5 Å². The van der Waals surface area contributed by atoms with E-state index in [1.807, 2.05) is 6.92 Å². The third-order valence-corrected chi connectivity index (χ3v) is 4.50. The number of likely N-dealkylation sites (tertiary alicyclic amines) is 2. The van der Waals surface area contributed by atoms with E-state index in [9.17, 15) is 0 Å². The molecule has 21 heavy (non-hydrogen) atoms. The zero-order chi connectivity index (χ0) is 15.1. The molecule has 2 aliphatic rings. The summed E-state index contributed by atoms with van der Waals surface area (Å²) >= 11 is 0. The van der Waals surface area contributed by atoms with Gasteiger partial charge in [0.2, 0.25) is 0 Å². The van der Waals surface area contributed by atoms with Crippen molar-refractivity contribution in [3.05, 3.63) is 0 Å². The van der Waals surface area contributed by atoms with Crippen molar-refractivity contribution in [1.29, 1.82) is 0 Å². The van der Waals surface area contributed by atoms with Crippen molar-refractivity contribution < 1.29 is 5.11 Å². The van der Waals surface area contributed by atoms with E-state index in [1.54, 1.807) is 0 Å². The van der Waals surface area contributed by atoms with E-state index in [0.717, 1.165) is 31.5 Å². The van der Waals surface area contributed by atoms with Crippen molar-refractivity contribution in [2.45, 2.75) is 33.1 Å². The average Bonchev–Trinajstić information content (AvgIpc) is 3.15. The smallest absolute Gasteiger partial charge is 0.193 e. The normalized spacial score (nSPS) is 25.6. The molecule has 2 atom stereocenters. The summed E-state index contributed by atoms with van der Waals surface area (Å²) in [5.74, 6) is 2.05. The molecule has 5 heteroatoms. The molecule has 0 radical (unpaired) electrons. The van der Waals surface area contributed by atoms with Gasteiger partial charge in [0.15, 0.2) is 5.96 Å². The van der Waals surface area contributed by atoms with Crippen molar-refractivity contribution in [2.24, 2.45) is 16.8 Å². The predicted octanol–water partition coefficient (Wildman–Crippen LogP) is 0.998. The van der Waals surface area contributed by atoms with E-state index in [2.05, 4.69) is 22.0 Å². The molecule has 2 rings (SSSR count). The highest BCUT2D eigenvalue weighted by Gasteiger charge is 2.27. The molecule has 2 unspecified atom stereocenters. The molecule has 2 fully saturated rings. The Balaban J connectivity index is 1.83. The Labute approximate surface area is 129 Å². The first-order valence-corrected chi connectivity index (χ1v) is 8.59. The molecule has 2 saturated heterocycles. The zero-order valence-corrected chi connectivity index (χ0v) is 13.7. The zero-order valence-electron chi connectivity index (χ0n) is 13.7. The number of hydrogen-bond acceptors (Lipinski definition) is 3. The third kappa shape index (κ3) is 5.15. The second kappa shape index (κ2) is 8.59. The lowest BCUT2D eigenvalue weighted by atomic mass is 10.1. The number of guanidine groups is 1. The summed E-state index contributed by atoms with van der Waals surface area (Å²) in [4.78, 5) is 9.70. The number of nitrogens with one attached hydrogen (secondary N) is 1. The van der Waals surface area contributed by atoms with Gasteiger partial charge in [0.05, 0.1) is 0 Å². The minimum Gasteiger partial charge on any atom is -0.396 e. The Hall–Kier alpha value is -0.810. The Morgan fingerprint density at radius 1 is 1.33 bits per heavy atom. The largest absolute Gasteiger partial charge is 0.396 e. The lowest BCUT2D eigenvalue weighted by Crippen LogP contribution is -2.41. The number of hydrogen-bond donors (Lipinski definition) is 2. The van der Waals surface area contributed by atoms with E-state index < -0.39 is 0 Å². The molecule has 0 aromatic rings. The van der Waals surface area contributed by atoms with E-state index in [4.69, 9.17) is 10.1 Å². The SMILES string of the molecule is CCNC(=NCC(C)CO)N1CCC(CN2CCCC2)C1. The third-order valence-electron chi connectivity index (χ3n) is 4.50. The number of aliphatic hydroxyl groups is 1. The number of aliphatic imine (C=N–C) groups is 1. The Morgan fingerprint density at radius 3 is 2.76 bits per heavy atom. The van der Waals surface area contributed by atoms with Gasteiger partial charge in [-0.1, -0.05) is 6.92 Å². The van der Waals surface area contributed by atoms with Crippen molar-refractivity contribution in [1.82, 2.24) is 15.1 Å². The summed E-state index contributed by atoms with van der Waals surface area (Å²) in [5.41, 5.74) is 0. The van der Waals surface area contributed by atoms with Crippen molar-refractivity contribution in [3.63, 3.8) is 0 Å². The molecule has 0 saturated carbocycles. The van der Waals surface area contributed by atoms with Crippen LogP contribution in [0.15, 0.2) is 4.99 Å². The van der Waals surface area contributed by atoms with Crippen LogP contribution in [0.25, 0.3) is 0 Å². The van der Waals surface area contributed by atoms with Gasteiger partial charge in [-0.05, 0) is 51.1 Å². The highest BCUT2D eigenvalue weighted by atomic mass is 16.3. The van der Waals surface area contributed by atoms with E-state index in [1.165, 1.54) is 38.9 Å². The first kappa shape index (κ1) is 16.6. The van der Waals surface area contributed by atoms with Gasteiger partial charge in [0.1, 0.15) is 0 Å². The first-order valence-electron chi connectivity index (χ1n) is 8.59. The summed E-state index contributed by atoms with van der Waals surface area (Å²) in [6, 6.07) is 0. The van der Waals surface area contributed by atoms with Crippen LogP contribution in [-0.2, 0) is 0 Å². The monoisotopic (exact) mass is 296 g/mol. The minimum absolute atomic E-state index is 0.209. The van der Waals surface area contributed by atoms with E-state index >= 15 is 0 Å². The van der Waals surface area contributed by atoms with Gasteiger partial charge in [0.25, 0.3) is 0 Å². The highest BCUT2D eigenvalue weighted by molar-refractivity contribution is 5.80. The molecule has 2 heterocycles. The topological polar surface area (TPSA) is 51.1 Å². The molecule has 2 aliphatic heterocycles. The maximum atomic E-state index is 9.14. The molecule has 5 nitrogen and oxygen atoms in total. The van der Waals surface area contributed by atoms with Crippen LogP contribution < -0.4 is 5.32 Å². The van der Waals surface area contributed by atoms with Crippen LogP contribution in [0.2, 0.25) is 0 Å². The number of nitrogens with zero attached hydrogens (tertiary/aromatic N) is 3. The quantitative estimate of drug-likeness (QED) is 0.567. The summed E-state index contributed by atoms with van der Waals surface area (Å²) in [7, 11) is 0. The lowest BCUT2D eigenvalue weighted by Gasteiger charge is -2.23. The van der Waals surface area contributed by atoms with Gasteiger partial charge in [0, 0.05) is 39.3 Å². The number of rotatable bonds is 6. The molecule has 2 N–H and O–H groups in total. The van der Waals surface area contributed by atoms with Gasteiger partial charge < -0.3 is 20.2 Å².